The third-order valence-corrected chi connectivity index (χ3v) is 5.95. The van der Waals surface area contributed by atoms with Gasteiger partial charge in [0.15, 0.2) is 17.5 Å². The van der Waals surface area contributed by atoms with E-state index in [1.54, 1.807) is 14.2 Å². The second-order valence-corrected chi connectivity index (χ2v) is 8.08. The first-order valence-electron chi connectivity index (χ1n) is 11.3. The first-order valence-corrected chi connectivity index (χ1v) is 11.3. The highest BCUT2D eigenvalue weighted by Crippen LogP contribution is 2.32. The largest absolute Gasteiger partial charge is 0.493 e. The molecule has 0 amide bonds. The maximum absolute atomic E-state index is 5.59. The number of aliphatic imine (C=N–C) groups is 1. The van der Waals surface area contributed by atoms with Gasteiger partial charge in [0.2, 0.25) is 0 Å². The first-order chi connectivity index (χ1) is 15.2. The van der Waals surface area contributed by atoms with Gasteiger partial charge in [-0.3, -0.25) is 9.89 Å². The molecule has 2 saturated heterocycles. The monoisotopic (exact) mass is 562 g/mol. The number of nitrogens with one attached hydrogen (secondary N) is 1. The van der Waals surface area contributed by atoms with Crippen LogP contribution in [0, 0.1) is 5.92 Å². The smallest absolute Gasteiger partial charge is 0.193 e. The van der Waals surface area contributed by atoms with E-state index in [1.807, 2.05) is 6.07 Å². The zero-order valence-corrected chi connectivity index (χ0v) is 22.2. The predicted octanol–water partition coefficient (Wildman–Crippen LogP) is 2.63. The fourth-order valence-corrected chi connectivity index (χ4v) is 4.22. The second-order valence-electron chi connectivity index (χ2n) is 8.08. The van der Waals surface area contributed by atoms with Crippen LogP contribution in [0.2, 0.25) is 0 Å². The van der Waals surface area contributed by atoms with E-state index in [4.69, 9.17) is 23.9 Å². The molecule has 3 rings (SSSR count). The van der Waals surface area contributed by atoms with E-state index < -0.39 is 0 Å². The van der Waals surface area contributed by atoms with Gasteiger partial charge in [0.1, 0.15) is 0 Å². The van der Waals surface area contributed by atoms with Gasteiger partial charge in [0.25, 0.3) is 0 Å². The maximum atomic E-state index is 5.59. The molecule has 0 spiro atoms. The summed E-state index contributed by atoms with van der Waals surface area (Å²) in [6.07, 6.45) is 1.12. The van der Waals surface area contributed by atoms with Crippen LogP contribution in [0.15, 0.2) is 23.2 Å². The molecule has 2 atom stereocenters. The molecule has 9 heteroatoms. The van der Waals surface area contributed by atoms with Crippen molar-refractivity contribution in [3.63, 3.8) is 0 Å². The highest BCUT2D eigenvalue weighted by Gasteiger charge is 2.25. The molecule has 1 aromatic rings. The van der Waals surface area contributed by atoms with Crippen LogP contribution in [0.25, 0.3) is 0 Å². The fraction of sp³-hybridized carbons (Fsp3) is 0.696. The maximum Gasteiger partial charge on any atom is 0.193 e. The Morgan fingerprint density at radius 3 is 2.56 bits per heavy atom. The summed E-state index contributed by atoms with van der Waals surface area (Å²) in [6.45, 7) is 9.52. The van der Waals surface area contributed by atoms with E-state index in [0.29, 0.717) is 12.5 Å². The Balaban J connectivity index is 0.00000363. The minimum Gasteiger partial charge on any atom is -0.493 e. The quantitative estimate of drug-likeness (QED) is 0.282. The summed E-state index contributed by atoms with van der Waals surface area (Å²) >= 11 is 0. The van der Waals surface area contributed by atoms with Crippen LogP contribution in [-0.2, 0) is 9.47 Å². The lowest BCUT2D eigenvalue weighted by Gasteiger charge is -2.34. The number of morpholine rings is 1. The summed E-state index contributed by atoms with van der Waals surface area (Å²) in [5, 5.41) is 3.45. The molecular formula is C23H39IN4O4. The third kappa shape index (κ3) is 7.36. The number of hydrogen-bond donors (Lipinski definition) is 1. The van der Waals surface area contributed by atoms with Crippen LogP contribution in [0.1, 0.15) is 24.9 Å². The summed E-state index contributed by atoms with van der Waals surface area (Å²) in [5.41, 5.74) is 1.17. The molecule has 2 unspecified atom stereocenters. The standard InChI is InChI=1S/C23H38N4O4.HI/c1-5-24-23(26(2)16-18-8-11-31-17-18)25-15-20(27-9-12-30-13-10-27)19-6-7-21(28-3)22(14-19)29-4;/h6-7,14,18,20H,5,8-13,15-17H2,1-4H3,(H,24,25);1H. The van der Waals surface area contributed by atoms with E-state index in [1.165, 1.54) is 5.56 Å². The summed E-state index contributed by atoms with van der Waals surface area (Å²) in [5.74, 6) is 2.98. The van der Waals surface area contributed by atoms with E-state index in [2.05, 4.69) is 41.2 Å². The Labute approximate surface area is 209 Å². The highest BCUT2D eigenvalue weighted by molar-refractivity contribution is 14.0. The van der Waals surface area contributed by atoms with Gasteiger partial charge in [0, 0.05) is 45.8 Å². The topological polar surface area (TPSA) is 67.8 Å². The zero-order chi connectivity index (χ0) is 22.1. The minimum absolute atomic E-state index is 0. The van der Waals surface area contributed by atoms with Crippen molar-refractivity contribution in [3.05, 3.63) is 23.8 Å². The van der Waals surface area contributed by atoms with Crippen molar-refractivity contribution in [1.29, 1.82) is 0 Å². The molecule has 2 aliphatic heterocycles. The van der Waals surface area contributed by atoms with Crippen LogP contribution in [0.3, 0.4) is 0 Å². The summed E-state index contributed by atoms with van der Waals surface area (Å²) in [7, 11) is 5.45. The Morgan fingerprint density at radius 2 is 1.94 bits per heavy atom. The third-order valence-electron chi connectivity index (χ3n) is 5.95. The van der Waals surface area contributed by atoms with Crippen LogP contribution < -0.4 is 14.8 Å². The van der Waals surface area contributed by atoms with Gasteiger partial charge in [-0.2, -0.15) is 0 Å². The molecule has 182 valence electrons. The Kier molecular flexibility index (Phi) is 11.8. The molecular weight excluding hydrogens is 523 g/mol. The number of rotatable bonds is 9. The van der Waals surface area contributed by atoms with Gasteiger partial charge >= 0.3 is 0 Å². The SMILES string of the molecule is CCNC(=NCC(c1ccc(OC)c(OC)c1)N1CCOCC1)N(C)CC1CCOC1.I. The Morgan fingerprint density at radius 1 is 1.19 bits per heavy atom. The predicted molar refractivity (Wildman–Crippen MR) is 138 cm³/mol. The van der Waals surface area contributed by atoms with Crippen molar-refractivity contribution in [3.8, 4) is 11.5 Å². The number of ether oxygens (including phenoxy) is 4. The molecule has 0 radical (unpaired) electrons. The molecule has 0 bridgehead atoms. The summed E-state index contributed by atoms with van der Waals surface area (Å²) < 4.78 is 22.1. The summed E-state index contributed by atoms with van der Waals surface area (Å²) in [4.78, 5) is 9.72. The van der Waals surface area contributed by atoms with Gasteiger partial charge in [-0.05, 0) is 31.0 Å². The molecule has 2 heterocycles. The van der Waals surface area contributed by atoms with Crippen LogP contribution in [-0.4, -0.2) is 96.2 Å². The molecule has 32 heavy (non-hydrogen) atoms. The number of benzene rings is 1. The van der Waals surface area contributed by atoms with E-state index in [9.17, 15) is 0 Å². The lowest BCUT2D eigenvalue weighted by molar-refractivity contribution is 0.0179. The molecule has 8 nitrogen and oxygen atoms in total. The molecule has 0 aromatic heterocycles. The van der Waals surface area contributed by atoms with E-state index in [-0.39, 0.29) is 30.0 Å². The summed E-state index contributed by atoms with van der Waals surface area (Å²) in [6, 6.07) is 6.30. The second kappa shape index (κ2) is 14.1. The lowest BCUT2D eigenvalue weighted by Crippen LogP contribution is -2.43. The van der Waals surface area contributed by atoms with Gasteiger partial charge in [-0.25, -0.2) is 0 Å². The number of guanidine groups is 1. The van der Waals surface area contributed by atoms with Crippen molar-refractivity contribution in [2.45, 2.75) is 19.4 Å². The fourth-order valence-electron chi connectivity index (χ4n) is 4.22. The van der Waals surface area contributed by atoms with E-state index in [0.717, 1.165) is 76.5 Å². The molecule has 1 N–H and O–H groups in total. The number of halogens is 1. The zero-order valence-electron chi connectivity index (χ0n) is 19.8. The Hall–Kier alpha value is -1.30. The average Bonchev–Trinajstić information content (AvgIpc) is 3.32. The molecule has 2 fully saturated rings. The Bertz CT molecular complexity index is 709. The number of nitrogens with zero attached hydrogens (tertiary/aromatic N) is 3. The minimum atomic E-state index is 0. The number of methoxy groups -OCH3 is 2. The van der Waals surface area contributed by atoms with E-state index >= 15 is 0 Å². The molecule has 1 aromatic carbocycles. The van der Waals surface area contributed by atoms with Crippen molar-refractivity contribution in [1.82, 2.24) is 15.1 Å². The van der Waals surface area contributed by atoms with Crippen LogP contribution in [0.4, 0.5) is 0 Å². The van der Waals surface area contributed by atoms with Crippen molar-refractivity contribution >= 4 is 29.9 Å². The van der Waals surface area contributed by atoms with Crippen LogP contribution >= 0.6 is 24.0 Å². The first kappa shape index (κ1) is 26.9. The van der Waals surface area contributed by atoms with Crippen molar-refractivity contribution in [2.75, 3.05) is 80.4 Å². The lowest BCUT2D eigenvalue weighted by atomic mass is 10.0. The molecule has 0 saturated carbocycles. The van der Waals surface area contributed by atoms with Crippen molar-refractivity contribution < 1.29 is 18.9 Å². The van der Waals surface area contributed by atoms with Gasteiger partial charge in [-0.15, -0.1) is 24.0 Å². The average molecular weight is 562 g/mol. The molecule has 0 aliphatic carbocycles. The van der Waals surface area contributed by atoms with Crippen LogP contribution in [0.5, 0.6) is 11.5 Å². The normalized spacial score (nSPS) is 20.4. The highest BCUT2D eigenvalue weighted by atomic mass is 127. The van der Waals surface area contributed by atoms with Gasteiger partial charge in [-0.1, -0.05) is 6.07 Å². The number of hydrogen-bond acceptors (Lipinski definition) is 6. The van der Waals surface area contributed by atoms with Gasteiger partial charge < -0.3 is 29.2 Å². The van der Waals surface area contributed by atoms with Crippen molar-refractivity contribution in [2.24, 2.45) is 10.9 Å². The van der Waals surface area contributed by atoms with Gasteiger partial charge in [0.05, 0.1) is 46.6 Å². The molecule has 2 aliphatic rings.